The second-order valence-electron chi connectivity index (χ2n) is 10.2. The number of rotatable bonds is 4. The number of anilines is 1. The number of benzene rings is 3. The van der Waals surface area contributed by atoms with Crippen LogP contribution in [0.25, 0.3) is 5.57 Å². The minimum atomic E-state index is -0.422. The van der Waals surface area contributed by atoms with Crippen molar-refractivity contribution in [3.63, 3.8) is 0 Å². The van der Waals surface area contributed by atoms with E-state index < -0.39 is 11.8 Å². The van der Waals surface area contributed by atoms with Gasteiger partial charge in [-0.3, -0.25) is 14.4 Å². The van der Waals surface area contributed by atoms with Gasteiger partial charge in [0.25, 0.3) is 0 Å². The minimum absolute atomic E-state index is 0.0936. The fourth-order valence-corrected chi connectivity index (χ4v) is 6.16. The van der Waals surface area contributed by atoms with Gasteiger partial charge in [-0.1, -0.05) is 83.9 Å². The highest BCUT2D eigenvalue weighted by Gasteiger charge is 2.62. The van der Waals surface area contributed by atoms with Gasteiger partial charge in [-0.05, 0) is 55.2 Å². The predicted molar refractivity (Wildman–Crippen MR) is 140 cm³/mol. The van der Waals surface area contributed by atoms with Crippen molar-refractivity contribution in [2.24, 2.45) is 23.7 Å². The molecule has 2 aliphatic carbocycles. The zero-order valence-electron chi connectivity index (χ0n) is 20.6. The lowest BCUT2D eigenvalue weighted by Gasteiger charge is -2.22. The van der Waals surface area contributed by atoms with E-state index in [9.17, 15) is 14.4 Å². The van der Waals surface area contributed by atoms with Crippen molar-refractivity contribution < 1.29 is 14.4 Å². The van der Waals surface area contributed by atoms with Crippen LogP contribution in [0.2, 0.25) is 0 Å². The zero-order chi connectivity index (χ0) is 25.1. The predicted octanol–water partition coefficient (Wildman–Crippen LogP) is 5.93. The molecule has 6 rings (SSSR count). The largest absolute Gasteiger partial charge is 0.295 e. The lowest BCUT2D eigenvalue weighted by Crippen LogP contribution is -2.33. The van der Waals surface area contributed by atoms with Gasteiger partial charge in [-0.25, -0.2) is 4.90 Å². The molecule has 1 saturated carbocycles. The average Bonchev–Trinajstić information content (AvgIpc) is 3.50. The number of amides is 2. The summed E-state index contributed by atoms with van der Waals surface area (Å²) in [6.07, 6.45) is 4.23. The monoisotopic (exact) mass is 473 g/mol. The number of allylic oxidation sites excluding steroid dienone is 3. The molecule has 0 aromatic heterocycles. The van der Waals surface area contributed by atoms with Gasteiger partial charge in [0.1, 0.15) is 0 Å². The number of ketones is 1. The number of hydrogen-bond acceptors (Lipinski definition) is 3. The molecular formula is C32H27NO3. The lowest BCUT2D eigenvalue weighted by molar-refractivity contribution is -0.122. The molecule has 1 heterocycles. The zero-order valence-corrected chi connectivity index (χ0v) is 20.6. The van der Waals surface area contributed by atoms with Crippen LogP contribution in [-0.2, 0) is 9.59 Å². The number of carbonyl (C=O) groups is 3. The molecule has 2 fully saturated rings. The summed E-state index contributed by atoms with van der Waals surface area (Å²) in [6.45, 7) is 5.63. The Morgan fingerprint density at radius 1 is 0.694 bits per heavy atom. The van der Waals surface area contributed by atoms with Crippen molar-refractivity contribution in [1.82, 2.24) is 0 Å². The van der Waals surface area contributed by atoms with Crippen molar-refractivity contribution in [3.8, 4) is 0 Å². The van der Waals surface area contributed by atoms with E-state index >= 15 is 0 Å². The Hall–Kier alpha value is -4.05. The first-order chi connectivity index (χ1) is 17.3. The Labute approximate surface area is 211 Å². The van der Waals surface area contributed by atoms with Crippen LogP contribution in [0.1, 0.15) is 39.5 Å². The van der Waals surface area contributed by atoms with Crippen LogP contribution in [-0.4, -0.2) is 17.6 Å². The van der Waals surface area contributed by atoms with E-state index in [1.165, 1.54) is 23.0 Å². The number of Topliss-reactive ketones (excluding diaryl/α,β-unsaturated/α-hetero) is 1. The number of nitrogens with zero attached hydrogens (tertiary/aromatic N) is 1. The van der Waals surface area contributed by atoms with Crippen LogP contribution in [0, 0.1) is 37.5 Å². The minimum Gasteiger partial charge on any atom is -0.295 e. The van der Waals surface area contributed by atoms with E-state index in [2.05, 4.69) is 74.5 Å². The Morgan fingerprint density at radius 3 is 1.67 bits per heavy atom. The molecule has 4 nitrogen and oxygen atoms in total. The summed E-state index contributed by atoms with van der Waals surface area (Å²) < 4.78 is 0. The Bertz CT molecular complexity index is 1400. The Kier molecular flexibility index (Phi) is 5.15. The second-order valence-corrected chi connectivity index (χ2v) is 10.2. The highest BCUT2D eigenvalue weighted by atomic mass is 16.2. The maximum Gasteiger partial charge on any atom is 0.238 e. The van der Waals surface area contributed by atoms with Gasteiger partial charge in [0.2, 0.25) is 11.8 Å². The van der Waals surface area contributed by atoms with E-state index in [0.29, 0.717) is 11.3 Å². The quantitative estimate of drug-likeness (QED) is 0.268. The van der Waals surface area contributed by atoms with Crippen LogP contribution in [0.3, 0.4) is 0 Å². The van der Waals surface area contributed by atoms with E-state index in [0.717, 1.165) is 22.3 Å². The van der Waals surface area contributed by atoms with Gasteiger partial charge < -0.3 is 0 Å². The molecule has 1 aliphatic heterocycles. The highest BCUT2D eigenvalue weighted by molar-refractivity contribution is 6.23. The maximum absolute atomic E-state index is 13.8. The topological polar surface area (TPSA) is 54.5 Å². The Balaban J connectivity index is 1.47. The SMILES string of the molecule is CC(=O)c1cccc(N2C(=O)[C@H]3[C@H](C2=O)[C@H]2C=C[C@@H]3C2=C(c2ccc(C)cc2)c2ccc(C)cc2)c1. The molecule has 4 atom stereocenters. The summed E-state index contributed by atoms with van der Waals surface area (Å²) in [5.74, 6) is -1.54. The summed E-state index contributed by atoms with van der Waals surface area (Å²) in [4.78, 5) is 40.7. The normalized spacial score (nSPS) is 24.0. The standard InChI is InChI=1S/C32H27NO3/c1-18-7-11-21(12-8-18)27(22-13-9-19(2)10-14-22)28-25-15-16-26(28)30-29(25)31(35)33(32(30)36)24-6-4-5-23(17-24)20(3)34/h4-17,25-26,29-30H,1-3H3/t25-,26+,29-,30-/m1/s1. The molecule has 178 valence electrons. The first-order valence-electron chi connectivity index (χ1n) is 12.4. The number of hydrogen-bond donors (Lipinski definition) is 0. The highest BCUT2D eigenvalue weighted by Crippen LogP contribution is 2.58. The van der Waals surface area contributed by atoms with Crippen LogP contribution < -0.4 is 4.90 Å². The number of imide groups is 1. The van der Waals surface area contributed by atoms with Crippen molar-refractivity contribution in [2.75, 3.05) is 4.90 Å². The summed E-state index contributed by atoms with van der Waals surface area (Å²) in [5, 5.41) is 0. The third-order valence-corrected chi connectivity index (χ3v) is 7.90. The molecule has 2 amide bonds. The fraction of sp³-hybridized carbons (Fsp3) is 0.219. The molecule has 1 saturated heterocycles. The van der Waals surface area contributed by atoms with Gasteiger partial charge in [0.05, 0.1) is 17.5 Å². The fourth-order valence-electron chi connectivity index (χ4n) is 6.16. The third-order valence-electron chi connectivity index (χ3n) is 7.90. The summed E-state index contributed by atoms with van der Waals surface area (Å²) in [7, 11) is 0. The summed E-state index contributed by atoms with van der Waals surface area (Å²) in [6, 6.07) is 23.8. The van der Waals surface area contributed by atoms with Crippen LogP contribution in [0.4, 0.5) is 5.69 Å². The Morgan fingerprint density at radius 2 is 1.19 bits per heavy atom. The number of aryl methyl sites for hydroxylation is 2. The first-order valence-corrected chi connectivity index (χ1v) is 12.4. The van der Waals surface area contributed by atoms with Gasteiger partial charge in [0, 0.05) is 17.4 Å². The molecule has 3 aliphatic rings. The molecule has 3 aromatic carbocycles. The van der Waals surface area contributed by atoms with Crippen molar-refractivity contribution in [1.29, 1.82) is 0 Å². The van der Waals surface area contributed by atoms with Crippen molar-refractivity contribution in [3.05, 3.63) is 118 Å². The smallest absolute Gasteiger partial charge is 0.238 e. The average molecular weight is 474 g/mol. The number of fused-ring (bicyclic) bond motifs is 5. The summed E-state index contributed by atoms with van der Waals surface area (Å²) in [5.41, 5.74) is 7.83. The van der Waals surface area contributed by atoms with Crippen LogP contribution >= 0.6 is 0 Å². The molecular weight excluding hydrogens is 446 g/mol. The summed E-state index contributed by atoms with van der Waals surface area (Å²) >= 11 is 0. The molecule has 0 radical (unpaired) electrons. The molecule has 0 spiro atoms. The molecule has 0 unspecified atom stereocenters. The van der Waals surface area contributed by atoms with Gasteiger partial charge in [0.15, 0.2) is 5.78 Å². The molecule has 0 N–H and O–H groups in total. The van der Waals surface area contributed by atoms with Crippen LogP contribution in [0.5, 0.6) is 0 Å². The molecule has 36 heavy (non-hydrogen) atoms. The van der Waals surface area contributed by atoms with Gasteiger partial charge >= 0.3 is 0 Å². The van der Waals surface area contributed by atoms with E-state index in [-0.39, 0.29) is 29.4 Å². The molecule has 3 aromatic rings. The van der Waals surface area contributed by atoms with Crippen molar-refractivity contribution >= 4 is 28.9 Å². The third kappa shape index (κ3) is 3.32. The van der Waals surface area contributed by atoms with Gasteiger partial charge in [-0.2, -0.15) is 0 Å². The first kappa shape index (κ1) is 22.4. The van der Waals surface area contributed by atoms with E-state index in [4.69, 9.17) is 0 Å². The lowest BCUT2D eigenvalue weighted by atomic mass is 9.85. The maximum atomic E-state index is 13.8. The van der Waals surface area contributed by atoms with E-state index in [1.807, 2.05) is 0 Å². The second kappa shape index (κ2) is 8.27. The van der Waals surface area contributed by atoms with Gasteiger partial charge in [-0.15, -0.1) is 0 Å². The molecule has 4 heteroatoms. The van der Waals surface area contributed by atoms with Crippen LogP contribution in [0.15, 0.2) is 90.5 Å². The molecule has 2 bridgehead atoms. The number of carbonyl (C=O) groups excluding carboxylic acids is 3. The van der Waals surface area contributed by atoms with Crippen molar-refractivity contribution in [2.45, 2.75) is 20.8 Å². The van der Waals surface area contributed by atoms with E-state index in [1.54, 1.807) is 24.3 Å².